The molecule has 10 heavy (non-hydrogen) atoms. The summed E-state index contributed by atoms with van der Waals surface area (Å²) in [4.78, 5) is 4.06. The molecule has 1 fully saturated rings. The average molecular weight is 267 g/mol. The molecular weight excluding hydrogens is 262 g/mol. The van der Waals surface area contributed by atoms with E-state index >= 15 is 0 Å². The van der Waals surface area contributed by atoms with Crippen LogP contribution in [0.5, 0.6) is 0 Å². The minimum absolute atomic E-state index is 0.591. The topological polar surface area (TPSA) is 30.7 Å². The Kier molecular flexibility index (Phi) is 1.56. The van der Waals surface area contributed by atoms with E-state index in [2.05, 4.69) is 41.9 Å². The molecule has 0 unspecified atom stereocenters. The van der Waals surface area contributed by atoms with E-state index in [1.54, 1.807) is 0 Å². The van der Waals surface area contributed by atoms with Crippen molar-refractivity contribution in [3.63, 3.8) is 0 Å². The summed E-state index contributed by atoms with van der Waals surface area (Å²) in [5.41, 5.74) is 0. The SMILES string of the molecule is Brc1nc(Br)n(C2CC2)n1. The lowest BCUT2D eigenvalue weighted by Crippen LogP contribution is -1.95. The van der Waals surface area contributed by atoms with Crippen molar-refractivity contribution in [2.45, 2.75) is 18.9 Å². The first-order valence-electron chi connectivity index (χ1n) is 3.05. The third kappa shape index (κ3) is 1.12. The summed E-state index contributed by atoms with van der Waals surface area (Å²) < 4.78 is 3.39. The molecule has 0 saturated heterocycles. The maximum Gasteiger partial charge on any atom is 0.218 e. The molecular formula is C5H5Br2N3. The van der Waals surface area contributed by atoms with Gasteiger partial charge in [-0.15, -0.1) is 5.10 Å². The summed E-state index contributed by atoms with van der Waals surface area (Å²) in [6, 6.07) is 0.591. The number of hydrogen-bond donors (Lipinski definition) is 0. The second-order valence-corrected chi connectivity index (χ2v) is 3.74. The molecule has 0 atom stereocenters. The molecule has 0 spiro atoms. The van der Waals surface area contributed by atoms with Gasteiger partial charge in [-0.05, 0) is 44.7 Å². The standard InChI is InChI=1S/C5H5Br2N3/c6-4-8-5(7)10(9-4)3-1-2-3/h3H,1-2H2. The molecule has 0 radical (unpaired) electrons. The van der Waals surface area contributed by atoms with Crippen LogP contribution in [-0.2, 0) is 0 Å². The fraction of sp³-hybridized carbons (Fsp3) is 0.600. The van der Waals surface area contributed by atoms with E-state index in [0.717, 1.165) is 4.73 Å². The van der Waals surface area contributed by atoms with Crippen molar-refractivity contribution in [2.24, 2.45) is 0 Å². The smallest absolute Gasteiger partial charge is 0.218 e. The van der Waals surface area contributed by atoms with Crippen molar-refractivity contribution in [2.75, 3.05) is 0 Å². The first kappa shape index (κ1) is 6.79. The van der Waals surface area contributed by atoms with Crippen LogP contribution < -0.4 is 0 Å². The van der Waals surface area contributed by atoms with Crippen LogP contribution in [0.1, 0.15) is 18.9 Å². The van der Waals surface area contributed by atoms with E-state index in [-0.39, 0.29) is 0 Å². The summed E-state index contributed by atoms with van der Waals surface area (Å²) in [7, 11) is 0. The molecule has 0 N–H and O–H groups in total. The largest absolute Gasteiger partial charge is 0.236 e. The van der Waals surface area contributed by atoms with Crippen LogP contribution >= 0.6 is 31.9 Å². The summed E-state index contributed by atoms with van der Waals surface area (Å²) in [5.74, 6) is 0. The summed E-state index contributed by atoms with van der Waals surface area (Å²) >= 11 is 6.52. The molecule has 5 heteroatoms. The molecule has 2 rings (SSSR count). The van der Waals surface area contributed by atoms with Crippen molar-refractivity contribution in [3.05, 3.63) is 9.47 Å². The Morgan fingerprint density at radius 3 is 2.50 bits per heavy atom. The molecule has 1 saturated carbocycles. The second-order valence-electron chi connectivity index (χ2n) is 2.33. The molecule has 0 bridgehead atoms. The zero-order valence-electron chi connectivity index (χ0n) is 5.09. The molecule has 54 valence electrons. The van der Waals surface area contributed by atoms with E-state index in [1.807, 2.05) is 4.68 Å². The molecule has 1 aliphatic rings. The monoisotopic (exact) mass is 265 g/mol. The number of aromatic nitrogens is 3. The van der Waals surface area contributed by atoms with Crippen LogP contribution in [0.3, 0.4) is 0 Å². The molecule has 3 nitrogen and oxygen atoms in total. The van der Waals surface area contributed by atoms with Gasteiger partial charge in [0.2, 0.25) is 4.73 Å². The van der Waals surface area contributed by atoms with Crippen molar-refractivity contribution in [1.82, 2.24) is 14.8 Å². The predicted molar refractivity (Wildman–Crippen MR) is 43.7 cm³/mol. The number of nitrogens with zero attached hydrogens (tertiary/aromatic N) is 3. The van der Waals surface area contributed by atoms with Crippen molar-refractivity contribution >= 4 is 31.9 Å². The number of rotatable bonds is 1. The van der Waals surface area contributed by atoms with Gasteiger partial charge in [-0.2, -0.15) is 4.98 Å². The average Bonchev–Trinajstić information content (AvgIpc) is 2.61. The van der Waals surface area contributed by atoms with Crippen LogP contribution in [0, 0.1) is 0 Å². The lowest BCUT2D eigenvalue weighted by atomic mass is 10.7. The highest BCUT2D eigenvalue weighted by Crippen LogP contribution is 2.36. The zero-order valence-corrected chi connectivity index (χ0v) is 8.26. The predicted octanol–water partition coefficient (Wildman–Crippen LogP) is 2.14. The van der Waals surface area contributed by atoms with Gasteiger partial charge in [-0.25, -0.2) is 4.68 Å². The van der Waals surface area contributed by atoms with Crippen LogP contribution in [0.2, 0.25) is 0 Å². The van der Waals surface area contributed by atoms with Crippen molar-refractivity contribution < 1.29 is 0 Å². The Morgan fingerprint density at radius 2 is 2.10 bits per heavy atom. The summed E-state index contributed by atoms with van der Waals surface area (Å²) in [6.07, 6.45) is 2.46. The molecule has 0 aliphatic heterocycles. The van der Waals surface area contributed by atoms with Gasteiger partial charge in [0.1, 0.15) is 0 Å². The highest BCUT2D eigenvalue weighted by molar-refractivity contribution is 9.11. The maximum atomic E-state index is 4.15. The van der Waals surface area contributed by atoms with E-state index in [9.17, 15) is 0 Å². The Morgan fingerprint density at radius 1 is 1.40 bits per heavy atom. The van der Waals surface area contributed by atoms with Gasteiger partial charge in [0.25, 0.3) is 0 Å². The number of halogens is 2. The fourth-order valence-electron chi connectivity index (χ4n) is 0.831. The Bertz CT molecular complexity index is 253. The molecule has 0 amide bonds. The molecule has 1 aliphatic carbocycles. The van der Waals surface area contributed by atoms with E-state index in [4.69, 9.17) is 0 Å². The van der Waals surface area contributed by atoms with E-state index in [0.29, 0.717) is 10.8 Å². The van der Waals surface area contributed by atoms with Crippen LogP contribution in [0.15, 0.2) is 9.47 Å². The van der Waals surface area contributed by atoms with Gasteiger partial charge < -0.3 is 0 Å². The third-order valence-corrected chi connectivity index (χ3v) is 2.33. The van der Waals surface area contributed by atoms with Gasteiger partial charge in [0.05, 0.1) is 6.04 Å². The highest BCUT2D eigenvalue weighted by atomic mass is 79.9. The lowest BCUT2D eigenvalue weighted by Gasteiger charge is -1.93. The van der Waals surface area contributed by atoms with Crippen LogP contribution in [-0.4, -0.2) is 14.8 Å². The molecule has 0 aromatic carbocycles. The van der Waals surface area contributed by atoms with Gasteiger partial charge in [-0.3, -0.25) is 0 Å². The number of hydrogen-bond acceptors (Lipinski definition) is 2. The Labute approximate surface area is 75.1 Å². The van der Waals surface area contributed by atoms with Gasteiger partial charge in [-0.1, -0.05) is 0 Å². The molecule has 1 aromatic heterocycles. The normalized spacial score (nSPS) is 17.8. The van der Waals surface area contributed by atoms with Crippen LogP contribution in [0.25, 0.3) is 0 Å². The third-order valence-electron chi connectivity index (χ3n) is 1.46. The van der Waals surface area contributed by atoms with Crippen molar-refractivity contribution in [1.29, 1.82) is 0 Å². The minimum atomic E-state index is 0.591. The summed E-state index contributed by atoms with van der Waals surface area (Å²) in [5, 5.41) is 4.15. The molecule has 1 aromatic rings. The first-order valence-corrected chi connectivity index (χ1v) is 4.63. The van der Waals surface area contributed by atoms with Gasteiger partial charge in [0.15, 0.2) is 4.73 Å². The zero-order chi connectivity index (χ0) is 7.14. The summed E-state index contributed by atoms with van der Waals surface area (Å²) in [6.45, 7) is 0. The van der Waals surface area contributed by atoms with Crippen molar-refractivity contribution in [3.8, 4) is 0 Å². The molecule has 1 heterocycles. The van der Waals surface area contributed by atoms with Crippen LogP contribution in [0.4, 0.5) is 0 Å². The Balaban J connectivity index is 2.38. The quantitative estimate of drug-likeness (QED) is 0.780. The van der Waals surface area contributed by atoms with Gasteiger partial charge in [0, 0.05) is 0 Å². The maximum absolute atomic E-state index is 4.15. The fourth-order valence-corrected chi connectivity index (χ4v) is 1.94. The highest BCUT2D eigenvalue weighted by Gasteiger charge is 2.26. The second kappa shape index (κ2) is 2.30. The van der Waals surface area contributed by atoms with E-state index < -0.39 is 0 Å². The Hall–Kier alpha value is 0.1000. The lowest BCUT2D eigenvalue weighted by molar-refractivity contribution is 0.621. The first-order chi connectivity index (χ1) is 4.77. The minimum Gasteiger partial charge on any atom is -0.236 e. The van der Waals surface area contributed by atoms with Gasteiger partial charge >= 0.3 is 0 Å². The van der Waals surface area contributed by atoms with E-state index in [1.165, 1.54) is 12.8 Å².